The maximum Gasteiger partial charge on any atom is 0.251 e. The third-order valence-electron chi connectivity index (χ3n) is 4.76. The van der Waals surface area contributed by atoms with E-state index in [1.54, 1.807) is 0 Å². The highest BCUT2D eigenvalue weighted by molar-refractivity contribution is 5.95. The van der Waals surface area contributed by atoms with E-state index < -0.39 is 0 Å². The van der Waals surface area contributed by atoms with Gasteiger partial charge in [0.25, 0.3) is 5.91 Å². The fraction of sp³-hybridized carbons (Fsp3) is 0.381. The molecule has 132 valence electrons. The molecule has 4 nitrogen and oxygen atoms in total. The lowest BCUT2D eigenvalue weighted by Gasteiger charge is -2.35. The van der Waals surface area contributed by atoms with Gasteiger partial charge in [-0.2, -0.15) is 0 Å². The van der Waals surface area contributed by atoms with Gasteiger partial charge < -0.3 is 10.1 Å². The van der Waals surface area contributed by atoms with Crippen molar-refractivity contribution < 1.29 is 9.53 Å². The van der Waals surface area contributed by atoms with Crippen molar-refractivity contribution in [2.75, 3.05) is 32.8 Å². The number of morpholine rings is 1. The molecule has 0 aromatic heterocycles. The normalized spacial score (nSPS) is 16.4. The molecule has 0 unspecified atom stereocenters. The summed E-state index contributed by atoms with van der Waals surface area (Å²) in [6.07, 6.45) is 0. The van der Waals surface area contributed by atoms with E-state index in [1.165, 1.54) is 11.1 Å². The molecule has 1 N–H and O–H groups in total. The number of aryl methyl sites for hydroxylation is 2. The largest absolute Gasteiger partial charge is 0.379 e. The van der Waals surface area contributed by atoms with E-state index in [0.717, 1.165) is 37.4 Å². The van der Waals surface area contributed by atoms with Crippen molar-refractivity contribution in [2.24, 2.45) is 0 Å². The lowest BCUT2D eigenvalue weighted by molar-refractivity contribution is 0.0162. The summed E-state index contributed by atoms with van der Waals surface area (Å²) in [6.45, 7) is 7.93. The second-order valence-corrected chi connectivity index (χ2v) is 6.60. The molecule has 1 aliphatic rings. The van der Waals surface area contributed by atoms with Crippen molar-refractivity contribution in [1.29, 1.82) is 0 Å². The van der Waals surface area contributed by atoms with Crippen LogP contribution in [0.15, 0.2) is 48.5 Å². The molecule has 0 aliphatic carbocycles. The quantitative estimate of drug-likeness (QED) is 0.911. The zero-order valence-corrected chi connectivity index (χ0v) is 15.0. The van der Waals surface area contributed by atoms with E-state index in [-0.39, 0.29) is 11.9 Å². The summed E-state index contributed by atoms with van der Waals surface area (Å²) in [6, 6.07) is 16.4. The molecule has 1 heterocycles. The molecule has 0 saturated carbocycles. The first-order valence-electron chi connectivity index (χ1n) is 8.87. The highest BCUT2D eigenvalue weighted by Crippen LogP contribution is 2.22. The van der Waals surface area contributed by atoms with E-state index in [1.807, 2.05) is 31.2 Å². The van der Waals surface area contributed by atoms with Crippen LogP contribution in [-0.4, -0.2) is 43.7 Å². The first-order valence-corrected chi connectivity index (χ1v) is 8.87. The van der Waals surface area contributed by atoms with Gasteiger partial charge >= 0.3 is 0 Å². The number of carbonyl (C=O) groups excluding carboxylic acids is 1. The lowest BCUT2D eigenvalue weighted by atomic mass is 10.0. The van der Waals surface area contributed by atoms with Crippen LogP contribution in [-0.2, 0) is 4.74 Å². The number of ether oxygens (including phenoxy) is 1. The summed E-state index contributed by atoms with van der Waals surface area (Å²) in [5, 5.41) is 3.13. The van der Waals surface area contributed by atoms with Crippen LogP contribution in [0, 0.1) is 13.8 Å². The van der Waals surface area contributed by atoms with Gasteiger partial charge in [0.1, 0.15) is 0 Å². The number of amides is 1. The monoisotopic (exact) mass is 338 g/mol. The van der Waals surface area contributed by atoms with Crippen LogP contribution in [0.5, 0.6) is 0 Å². The first-order chi connectivity index (χ1) is 12.1. The SMILES string of the molecule is Cc1cccc([C@H](CNC(=O)c2ccccc2C)N2CCOCC2)c1. The minimum absolute atomic E-state index is 0.0102. The average Bonchev–Trinajstić information content (AvgIpc) is 2.63. The summed E-state index contributed by atoms with van der Waals surface area (Å²) >= 11 is 0. The molecule has 2 aromatic carbocycles. The molecule has 0 radical (unpaired) electrons. The van der Waals surface area contributed by atoms with E-state index in [4.69, 9.17) is 4.74 Å². The predicted octanol–water partition coefficient (Wildman–Crippen LogP) is 3.11. The summed E-state index contributed by atoms with van der Waals surface area (Å²) < 4.78 is 5.49. The van der Waals surface area contributed by atoms with Gasteiger partial charge in [-0.25, -0.2) is 0 Å². The van der Waals surface area contributed by atoms with Gasteiger partial charge in [-0.05, 0) is 31.0 Å². The molecule has 1 amide bonds. The van der Waals surface area contributed by atoms with Crippen LogP contribution >= 0.6 is 0 Å². The van der Waals surface area contributed by atoms with Crippen LogP contribution in [0.4, 0.5) is 0 Å². The van der Waals surface area contributed by atoms with Gasteiger partial charge in [0, 0.05) is 25.2 Å². The standard InChI is InChI=1S/C21H26N2O2/c1-16-6-5-8-18(14-16)20(23-10-12-25-13-11-23)15-22-21(24)19-9-4-3-7-17(19)2/h3-9,14,20H,10-13,15H2,1-2H3,(H,22,24)/t20-/m0/s1. The van der Waals surface area contributed by atoms with Gasteiger partial charge in [0.05, 0.1) is 19.3 Å². The Kier molecular flexibility index (Phi) is 5.84. The van der Waals surface area contributed by atoms with Crippen LogP contribution in [0.2, 0.25) is 0 Å². The summed E-state index contributed by atoms with van der Waals surface area (Å²) in [5.41, 5.74) is 4.22. The summed E-state index contributed by atoms with van der Waals surface area (Å²) in [7, 11) is 0. The maximum atomic E-state index is 12.6. The highest BCUT2D eigenvalue weighted by atomic mass is 16.5. The van der Waals surface area contributed by atoms with E-state index in [9.17, 15) is 4.79 Å². The molecule has 1 atom stereocenters. The Morgan fingerprint density at radius 3 is 2.60 bits per heavy atom. The zero-order valence-electron chi connectivity index (χ0n) is 15.0. The maximum absolute atomic E-state index is 12.6. The van der Waals surface area contributed by atoms with Crippen LogP contribution < -0.4 is 5.32 Å². The molecule has 4 heteroatoms. The Morgan fingerprint density at radius 2 is 1.88 bits per heavy atom. The second-order valence-electron chi connectivity index (χ2n) is 6.60. The fourth-order valence-corrected chi connectivity index (χ4v) is 3.34. The Balaban J connectivity index is 1.75. The van der Waals surface area contributed by atoms with Crippen molar-refractivity contribution >= 4 is 5.91 Å². The van der Waals surface area contributed by atoms with E-state index in [2.05, 4.69) is 41.4 Å². The first kappa shape index (κ1) is 17.6. The third-order valence-corrected chi connectivity index (χ3v) is 4.76. The number of hydrogen-bond acceptors (Lipinski definition) is 3. The number of nitrogens with one attached hydrogen (secondary N) is 1. The number of hydrogen-bond donors (Lipinski definition) is 1. The van der Waals surface area contributed by atoms with Crippen molar-refractivity contribution in [1.82, 2.24) is 10.2 Å². The minimum atomic E-state index is -0.0102. The smallest absolute Gasteiger partial charge is 0.251 e. The van der Waals surface area contributed by atoms with Gasteiger partial charge in [0.2, 0.25) is 0 Å². The fourth-order valence-electron chi connectivity index (χ4n) is 3.34. The Bertz CT molecular complexity index is 723. The van der Waals surface area contributed by atoms with E-state index in [0.29, 0.717) is 6.54 Å². The van der Waals surface area contributed by atoms with Crippen molar-refractivity contribution in [2.45, 2.75) is 19.9 Å². The molecule has 2 aromatic rings. The summed E-state index contributed by atoms with van der Waals surface area (Å²) in [5.74, 6) is -0.0102. The van der Waals surface area contributed by atoms with Gasteiger partial charge in [-0.3, -0.25) is 9.69 Å². The Labute approximate surface area is 149 Å². The van der Waals surface area contributed by atoms with Crippen molar-refractivity contribution in [3.63, 3.8) is 0 Å². The number of nitrogens with zero attached hydrogens (tertiary/aromatic N) is 1. The molecule has 0 spiro atoms. The van der Waals surface area contributed by atoms with Crippen molar-refractivity contribution in [3.05, 3.63) is 70.8 Å². The minimum Gasteiger partial charge on any atom is -0.379 e. The van der Waals surface area contributed by atoms with Crippen LogP contribution in [0.25, 0.3) is 0 Å². The lowest BCUT2D eigenvalue weighted by Crippen LogP contribution is -2.43. The van der Waals surface area contributed by atoms with Gasteiger partial charge in [0.15, 0.2) is 0 Å². The van der Waals surface area contributed by atoms with Crippen LogP contribution in [0.1, 0.15) is 33.1 Å². The second kappa shape index (κ2) is 8.28. The highest BCUT2D eigenvalue weighted by Gasteiger charge is 2.23. The number of rotatable bonds is 5. The average molecular weight is 338 g/mol. The molecule has 1 fully saturated rings. The molecule has 0 bridgehead atoms. The molecular formula is C21H26N2O2. The predicted molar refractivity (Wildman–Crippen MR) is 99.8 cm³/mol. The molecule has 1 aliphatic heterocycles. The van der Waals surface area contributed by atoms with Gasteiger partial charge in [-0.1, -0.05) is 48.0 Å². The number of carbonyl (C=O) groups is 1. The zero-order chi connectivity index (χ0) is 17.6. The molecule has 25 heavy (non-hydrogen) atoms. The third kappa shape index (κ3) is 4.47. The molecule has 3 rings (SSSR count). The molecule has 1 saturated heterocycles. The Morgan fingerprint density at radius 1 is 1.12 bits per heavy atom. The van der Waals surface area contributed by atoms with Gasteiger partial charge in [-0.15, -0.1) is 0 Å². The topological polar surface area (TPSA) is 41.6 Å². The molecular weight excluding hydrogens is 312 g/mol. The number of benzene rings is 2. The Hall–Kier alpha value is -2.17. The van der Waals surface area contributed by atoms with E-state index >= 15 is 0 Å². The van der Waals surface area contributed by atoms with Crippen molar-refractivity contribution in [3.8, 4) is 0 Å². The summed E-state index contributed by atoms with van der Waals surface area (Å²) in [4.78, 5) is 15.0. The van der Waals surface area contributed by atoms with Crippen LogP contribution in [0.3, 0.4) is 0 Å².